The maximum absolute atomic E-state index is 13.0. The summed E-state index contributed by atoms with van der Waals surface area (Å²) in [6.45, 7) is 14.2. The molecule has 0 amide bonds. The van der Waals surface area contributed by atoms with Gasteiger partial charge < -0.3 is 0 Å². The zero-order valence-corrected chi connectivity index (χ0v) is 26.7. The molecular weight excluding hydrogens is 569 g/mol. The SMILES string of the molecule is CCC[CH2][Sn]([CH2]CCC)([CH2]CCC)[c]1nc2c(c(C(C)(C)S(C)(=O)=O)n1)OC[C@@H]1COC[C@@H](C)N21. The molecule has 1 saturated heterocycles. The van der Waals surface area contributed by atoms with Crippen LogP contribution < -0.4 is 13.5 Å². The van der Waals surface area contributed by atoms with E-state index in [0.717, 1.165) is 28.9 Å². The van der Waals surface area contributed by atoms with Crippen molar-refractivity contribution in [1.82, 2.24) is 9.97 Å². The predicted molar refractivity (Wildman–Crippen MR) is 146 cm³/mol. The van der Waals surface area contributed by atoms with E-state index >= 15 is 0 Å². The first kappa shape index (κ1) is 29.0. The Bertz CT molecular complexity index is 948. The summed E-state index contributed by atoms with van der Waals surface area (Å²) in [5.41, 5.74) is 0.558. The van der Waals surface area contributed by atoms with E-state index in [1.54, 1.807) is 13.8 Å². The van der Waals surface area contributed by atoms with E-state index < -0.39 is 33.0 Å². The van der Waals surface area contributed by atoms with Gasteiger partial charge in [-0.3, -0.25) is 0 Å². The molecule has 2 aliphatic heterocycles. The summed E-state index contributed by atoms with van der Waals surface area (Å²) in [5.74, 6) is 1.37. The van der Waals surface area contributed by atoms with Gasteiger partial charge in [0.05, 0.1) is 0 Å². The Kier molecular flexibility index (Phi) is 9.79. The first-order valence-corrected chi connectivity index (χ1v) is 23.0. The van der Waals surface area contributed by atoms with Crippen LogP contribution in [0.25, 0.3) is 0 Å². The van der Waals surface area contributed by atoms with Crippen molar-refractivity contribution >= 4 is 37.9 Å². The van der Waals surface area contributed by atoms with Crippen LogP contribution in [-0.2, 0) is 19.3 Å². The number of unbranched alkanes of at least 4 members (excludes halogenated alkanes) is 3. The molecule has 0 spiro atoms. The average molecular weight is 616 g/mol. The zero-order chi connectivity index (χ0) is 25.9. The van der Waals surface area contributed by atoms with Gasteiger partial charge in [-0.05, 0) is 0 Å². The van der Waals surface area contributed by atoms with Crippen molar-refractivity contribution in [2.75, 3.05) is 31.0 Å². The second kappa shape index (κ2) is 11.8. The number of ether oxygens (including phenoxy) is 2. The van der Waals surface area contributed by atoms with Crippen molar-refractivity contribution < 1.29 is 17.9 Å². The fourth-order valence-electron chi connectivity index (χ4n) is 5.41. The van der Waals surface area contributed by atoms with Crippen LogP contribution in [0.4, 0.5) is 5.82 Å². The fourth-order valence-corrected chi connectivity index (χ4v) is 20.7. The molecule has 9 heteroatoms. The molecule has 35 heavy (non-hydrogen) atoms. The molecule has 1 aromatic rings. The minimum atomic E-state index is -3.43. The van der Waals surface area contributed by atoms with Gasteiger partial charge in [0.2, 0.25) is 0 Å². The summed E-state index contributed by atoms with van der Waals surface area (Å²) < 4.78 is 41.7. The Balaban J connectivity index is 2.30. The van der Waals surface area contributed by atoms with Crippen LogP contribution in [0.1, 0.15) is 85.8 Å². The van der Waals surface area contributed by atoms with Gasteiger partial charge in [-0.2, -0.15) is 0 Å². The van der Waals surface area contributed by atoms with Crippen LogP contribution in [-0.4, -0.2) is 74.9 Å². The fraction of sp³-hybridized carbons (Fsp3) is 0.846. The van der Waals surface area contributed by atoms with E-state index in [4.69, 9.17) is 19.4 Å². The van der Waals surface area contributed by atoms with Gasteiger partial charge in [-0.15, -0.1) is 0 Å². The number of hydrogen-bond acceptors (Lipinski definition) is 7. The Labute approximate surface area is 217 Å². The van der Waals surface area contributed by atoms with Gasteiger partial charge in [0.15, 0.2) is 0 Å². The Hall–Kier alpha value is -0.611. The molecule has 3 rings (SSSR count). The third-order valence-corrected chi connectivity index (χ3v) is 24.7. The van der Waals surface area contributed by atoms with E-state index in [-0.39, 0.29) is 12.1 Å². The van der Waals surface area contributed by atoms with Gasteiger partial charge in [0.25, 0.3) is 0 Å². The molecule has 0 bridgehead atoms. The van der Waals surface area contributed by atoms with Crippen LogP contribution in [0.5, 0.6) is 5.75 Å². The Morgan fingerprint density at radius 2 is 1.54 bits per heavy atom. The minimum absolute atomic E-state index is 0.0923. The van der Waals surface area contributed by atoms with Crippen molar-refractivity contribution in [3.8, 4) is 5.75 Å². The Morgan fingerprint density at radius 3 is 2.06 bits per heavy atom. The van der Waals surface area contributed by atoms with Gasteiger partial charge in [0.1, 0.15) is 0 Å². The Morgan fingerprint density at radius 1 is 0.971 bits per heavy atom. The standard InChI is InChI=1S/C14H20N3O4S.3C4H9.Sn/c1-9-5-20-6-10-7-21-11-12(14(2,3)22(4,18)19)15-8-16-13(11)17(9)10;3*1-3-4-2;/h9-10H,5-7H2,1-4H3;3*1,3-4H2,2H3;/t9-,10+;;;;/m1..../s1. The van der Waals surface area contributed by atoms with Crippen molar-refractivity contribution in [1.29, 1.82) is 0 Å². The molecule has 3 heterocycles. The van der Waals surface area contributed by atoms with E-state index in [1.807, 2.05) is 0 Å². The second-order valence-corrected chi connectivity index (χ2v) is 26.6. The number of nitrogens with zero attached hydrogens (tertiary/aromatic N) is 3. The molecule has 7 nitrogen and oxygen atoms in total. The molecule has 0 unspecified atom stereocenters. The first-order valence-electron chi connectivity index (χ1n) is 13.6. The van der Waals surface area contributed by atoms with Crippen LogP contribution in [0.2, 0.25) is 13.3 Å². The summed E-state index contributed by atoms with van der Waals surface area (Å²) in [5, 5.41) is 0. The van der Waals surface area contributed by atoms with Gasteiger partial charge in [-0.25, -0.2) is 0 Å². The molecule has 0 aliphatic carbocycles. The van der Waals surface area contributed by atoms with E-state index in [2.05, 4.69) is 32.6 Å². The third kappa shape index (κ3) is 5.94. The molecule has 0 saturated carbocycles. The molecular formula is C26H47N3O4SSn. The third-order valence-electron chi connectivity index (χ3n) is 8.05. The molecule has 0 N–H and O–H groups in total. The van der Waals surface area contributed by atoms with E-state index in [9.17, 15) is 8.42 Å². The number of aromatic nitrogens is 2. The normalized spacial score (nSPS) is 20.8. The summed E-state index contributed by atoms with van der Waals surface area (Å²) in [4.78, 5) is 12.9. The average Bonchev–Trinajstić information content (AvgIpc) is 2.82. The summed E-state index contributed by atoms with van der Waals surface area (Å²) >= 11 is -3.05. The number of morpholine rings is 1. The molecule has 0 aromatic carbocycles. The molecule has 1 fully saturated rings. The van der Waals surface area contributed by atoms with Crippen molar-refractivity contribution in [3.63, 3.8) is 0 Å². The van der Waals surface area contributed by atoms with Crippen molar-refractivity contribution in [2.45, 2.75) is 110 Å². The maximum atomic E-state index is 13.0. The molecule has 1 aromatic heterocycles. The zero-order valence-electron chi connectivity index (χ0n) is 23.0. The number of fused-ring (bicyclic) bond motifs is 3. The van der Waals surface area contributed by atoms with Gasteiger partial charge >= 0.3 is 218 Å². The molecule has 200 valence electrons. The number of anilines is 1. The van der Waals surface area contributed by atoms with E-state index in [0.29, 0.717) is 31.3 Å². The summed E-state index contributed by atoms with van der Waals surface area (Å²) in [6, 6.07) is 0.245. The van der Waals surface area contributed by atoms with Crippen molar-refractivity contribution in [2.24, 2.45) is 0 Å². The van der Waals surface area contributed by atoms with Crippen molar-refractivity contribution in [3.05, 3.63) is 5.69 Å². The molecule has 2 atom stereocenters. The molecule has 0 radical (unpaired) electrons. The van der Waals surface area contributed by atoms with Crippen LogP contribution >= 0.6 is 0 Å². The van der Waals surface area contributed by atoms with Gasteiger partial charge in [0, 0.05) is 0 Å². The van der Waals surface area contributed by atoms with E-state index in [1.165, 1.54) is 38.8 Å². The number of sulfone groups is 1. The van der Waals surface area contributed by atoms with Crippen LogP contribution in [0.3, 0.4) is 0 Å². The quantitative estimate of drug-likeness (QED) is 0.312. The first-order chi connectivity index (χ1) is 16.5. The summed E-state index contributed by atoms with van der Waals surface area (Å²) in [7, 11) is -3.43. The monoisotopic (exact) mass is 617 g/mol. The number of rotatable bonds is 12. The van der Waals surface area contributed by atoms with Crippen LogP contribution in [0.15, 0.2) is 0 Å². The number of hydrogen-bond donors (Lipinski definition) is 0. The summed E-state index contributed by atoms with van der Waals surface area (Å²) in [6.07, 6.45) is 8.39. The second-order valence-electron chi connectivity index (χ2n) is 11.2. The topological polar surface area (TPSA) is 81.6 Å². The van der Waals surface area contributed by atoms with Crippen LogP contribution in [0, 0.1) is 0 Å². The van der Waals surface area contributed by atoms with Gasteiger partial charge in [-0.1, -0.05) is 0 Å². The molecule has 2 aliphatic rings. The predicted octanol–water partition coefficient (Wildman–Crippen LogP) is 4.80.